The summed E-state index contributed by atoms with van der Waals surface area (Å²) in [6.07, 6.45) is 3.84. The minimum atomic E-state index is -0.818. The number of benzene rings is 1. The second kappa shape index (κ2) is 13.7. The summed E-state index contributed by atoms with van der Waals surface area (Å²) in [5, 5.41) is 5.89. The van der Waals surface area contributed by atoms with E-state index in [0.717, 1.165) is 30.8 Å². The van der Waals surface area contributed by atoms with Crippen molar-refractivity contribution in [3.8, 4) is 0 Å². The molecule has 3 amide bonds. The van der Waals surface area contributed by atoms with E-state index in [2.05, 4.69) is 38.0 Å². The minimum Gasteiger partial charge on any atom is -0.384 e. The van der Waals surface area contributed by atoms with E-state index in [1.807, 2.05) is 0 Å². The lowest BCUT2D eigenvalue weighted by molar-refractivity contribution is -0.125. The molecule has 1 aromatic carbocycles. The highest BCUT2D eigenvalue weighted by Gasteiger charge is 2.44. The average molecular weight is 516 g/mol. The van der Waals surface area contributed by atoms with Gasteiger partial charge in [-0.25, -0.2) is 0 Å². The lowest BCUT2D eigenvalue weighted by Crippen LogP contribution is -2.51. The Morgan fingerprint density at radius 2 is 1.62 bits per heavy atom. The first kappa shape index (κ1) is 28.8. The molecule has 9 heteroatoms. The molecule has 204 valence electrons. The molecule has 1 aromatic rings. The van der Waals surface area contributed by atoms with Gasteiger partial charge >= 0.3 is 0 Å². The Kier molecular flexibility index (Phi) is 10.7. The van der Waals surface area contributed by atoms with Crippen LogP contribution in [0, 0.1) is 5.41 Å². The summed E-state index contributed by atoms with van der Waals surface area (Å²) in [5.74, 6) is -1.25. The predicted octanol–water partition coefficient (Wildman–Crippen LogP) is 3.75. The largest absolute Gasteiger partial charge is 0.384 e. The normalized spacial score (nSPS) is 17.8. The van der Waals surface area contributed by atoms with E-state index in [0.29, 0.717) is 80.3 Å². The van der Waals surface area contributed by atoms with E-state index >= 15 is 0 Å². The zero-order valence-corrected chi connectivity index (χ0v) is 22.4. The summed E-state index contributed by atoms with van der Waals surface area (Å²) < 4.78 is 16.7. The van der Waals surface area contributed by atoms with Gasteiger partial charge in [-0.1, -0.05) is 33.4 Å². The predicted molar refractivity (Wildman–Crippen MR) is 141 cm³/mol. The molecular formula is C28H41N3O6. The maximum absolute atomic E-state index is 13.1. The number of amides is 3. The Labute approximate surface area is 219 Å². The number of carbonyl (C=O) groups excluding carboxylic acids is 3. The SMILES string of the molecule is C=C1CCC(N2C(=O)c3cccc(NCCCOCCOCCOCCCC(C)(C)C)c3C2=O)C(=O)N1. The van der Waals surface area contributed by atoms with Gasteiger partial charge in [-0.3, -0.25) is 19.3 Å². The fourth-order valence-electron chi connectivity index (χ4n) is 4.39. The average Bonchev–Trinajstić information content (AvgIpc) is 3.09. The first-order valence-electron chi connectivity index (χ1n) is 13.2. The maximum Gasteiger partial charge on any atom is 0.264 e. The molecule has 0 spiro atoms. The van der Waals surface area contributed by atoms with E-state index in [4.69, 9.17) is 14.2 Å². The third-order valence-electron chi connectivity index (χ3n) is 6.32. The van der Waals surface area contributed by atoms with Crippen LogP contribution in [0.1, 0.15) is 73.6 Å². The van der Waals surface area contributed by atoms with Crippen LogP contribution < -0.4 is 10.6 Å². The van der Waals surface area contributed by atoms with Crippen LogP contribution in [0.15, 0.2) is 30.5 Å². The molecule has 1 unspecified atom stereocenters. The van der Waals surface area contributed by atoms with E-state index in [1.54, 1.807) is 18.2 Å². The number of nitrogens with one attached hydrogen (secondary N) is 2. The van der Waals surface area contributed by atoms with Gasteiger partial charge in [0.15, 0.2) is 0 Å². The van der Waals surface area contributed by atoms with Gasteiger partial charge in [0.1, 0.15) is 6.04 Å². The molecule has 1 saturated heterocycles. The summed E-state index contributed by atoms with van der Waals surface area (Å²) in [6, 6.07) is 4.32. The number of hydrogen-bond acceptors (Lipinski definition) is 7. The number of hydrogen-bond donors (Lipinski definition) is 2. The van der Waals surface area contributed by atoms with Crippen LogP contribution >= 0.6 is 0 Å². The summed E-state index contributed by atoms with van der Waals surface area (Å²) in [6.45, 7) is 14.5. The second-order valence-electron chi connectivity index (χ2n) is 10.6. The highest BCUT2D eigenvalue weighted by atomic mass is 16.5. The number of ether oxygens (including phenoxy) is 3. The molecule has 2 heterocycles. The number of carbonyl (C=O) groups is 3. The van der Waals surface area contributed by atoms with Gasteiger partial charge in [0, 0.05) is 31.1 Å². The highest BCUT2D eigenvalue weighted by Crippen LogP contribution is 2.32. The van der Waals surface area contributed by atoms with Crippen molar-refractivity contribution in [3.05, 3.63) is 41.6 Å². The highest BCUT2D eigenvalue weighted by molar-refractivity contribution is 6.25. The van der Waals surface area contributed by atoms with Crippen molar-refractivity contribution in [2.75, 3.05) is 51.5 Å². The molecule has 0 radical (unpaired) electrons. The fourth-order valence-corrected chi connectivity index (χ4v) is 4.39. The van der Waals surface area contributed by atoms with E-state index in [-0.39, 0.29) is 5.91 Å². The molecule has 0 aliphatic carbocycles. The molecule has 2 aliphatic heterocycles. The molecule has 9 nitrogen and oxygen atoms in total. The van der Waals surface area contributed by atoms with Gasteiger partial charge in [-0.05, 0) is 49.7 Å². The lowest BCUT2D eigenvalue weighted by Gasteiger charge is -2.29. The van der Waals surface area contributed by atoms with Crippen LogP contribution in [0.4, 0.5) is 5.69 Å². The van der Waals surface area contributed by atoms with Crippen molar-refractivity contribution in [1.82, 2.24) is 10.2 Å². The van der Waals surface area contributed by atoms with Crippen molar-refractivity contribution < 1.29 is 28.6 Å². The van der Waals surface area contributed by atoms with E-state index in [1.165, 1.54) is 0 Å². The lowest BCUT2D eigenvalue weighted by atomic mass is 9.91. The number of fused-ring (bicyclic) bond motifs is 1. The van der Waals surface area contributed by atoms with Gasteiger partial charge in [-0.2, -0.15) is 0 Å². The molecule has 0 aromatic heterocycles. The number of rotatable bonds is 15. The van der Waals surface area contributed by atoms with Crippen LogP contribution in [0.25, 0.3) is 0 Å². The summed E-state index contributed by atoms with van der Waals surface area (Å²) in [7, 11) is 0. The van der Waals surface area contributed by atoms with Crippen molar-refractivity contribution in [2.24, 2.45) is 5.41 Å². The van der Waals surface area contributed by atoms with Crippen molar-refractivity contribution >= 4 is 23.4 Å². The molecule has 3 rings (SSSR count). The van der Waals surface area contributed by atoms with E-state index in [9.17, 15) is 14.4 Å². The standard InChI is InChI=1S/C28H41N3O6/c1-20-10-11-23(25(32)30-20)31-26(33)21-8-5-9-22(24(21)27(31)34)29-13-7-15-36-17-19-37-18-16-35-14-6-12-28(2,3)4/h5,8-9,23,29H,1,6-7,10-19H2,2-4H3,(H,30,32). The molecule has 2 N–H and O–H groups in total. The molecule has 0 saturated carbocycles. The molecule has 1 fully saturated rings. The van der Waals surface area contributed by atoms with Crippen molar-refractivity contribution in [3.63, 3.8) is 0 Å². The van der Waals surface area contributed by atoms with Crippen LogP contribution in [-0.2, 0) is 19.0 Å². The maximum atomic E-state index is 13.1. The number of allylic oxidation sites excluding steroid dienone is 1. The van der Waals surface area contributed by atoms with Crippen LogP contribution in [-0.4, -0.2) is 74.8 Å². The third kappa shape index (κ3) is 8.38. The fraction of sp³-hybridized carbons (Fsp3) is 0.607. The first-order valence-corrected chi connectivity index (χ1v) is 13.2. The van der Waals surface area contributed by atoms with E-state index < -0.39 is 17.9 Å². The Balaban J connectivity index is 1.31. The Hall–Kier alpha value is -2.75. The molecule has 0 bridgehead atoms. The summed E-state index contributed by atoms with van der Waals surface area (Å²) in [5.41, 5.74) is 2.17. The number of imide groups is 1. The molecule has 37 heavy (non-hydrogen) atoms. The number of nitrogens with zero attached hydrogens (tertiary/aromatic N) is 1. The van der Waals surface area contributed by atoms with Gasteiger partial charge in [0.2, 0.25) is 5.91 Å². The zero-order chi connectivity index (χ0) is 26.8. The Morgan fingerprint density at radius 1 is 0.973 bits per heavy atom. The Morgan fingerprint density at radius 3 is 2.27 bits per heavy atom. The Bertz CT molecular complexity index is 971. The number of anilines is 1. The van der Waals surface area contributed by atoms with Crippen LogP contribution in [0.2, 0.25) is 0 Å². The first-order chi connectivity index (χ1) is 17.7. The van der Waals surface area contributed by atoms with Gasteiger partial charge in [0.05, 0.1) is 37.6 Å². The quantitative estimate of drug-likeness (QED) is 0.271. The minimum absolute atomic E-state index is 0.318. The monoisotopic (exact) mass is 515 g/mol. The molecule has 2 aliphatic rings. The summed E-state index contributed by atoms with van der Waals surface area (Å²) in [4.78, 5) is 39.6. The van der Waals surface area contributed by atoms with Crippen molar-refractivity contribution in [1.29, 1.82) is 0 Å². The van der Waals surface area contributed by atoms with Crippen LogP contribution in [0.3, 0.4) is 0 Å². The van der Waals surface area contributed by atoms with Crippen LogP contribution in [0.5, 0.6) is 0 Å². The van der Waals surface area contributed by atoms with Crippen molar-refractivity contribution in [2.45, 2.75) is 58.9 Å². The topological polar surface area (TPSA) is 106 Å². The second-order valence-corrected chi connectivity index (χ2v) is 10.6. The zero-order valence-electron chi connectivity index (χ0n) is 22.4. The number of piperidine rings is 1. The van der Waals surface area contributed by atoms with Gasteiger partial charge < -0.3 is 24.8 Å². The van der Waals surface area contributed by atoms with Gasteiger partial charge in [0.25, 0.3) is 11.8 Å². The smallest absolute Gasteiger partial charge is 0.264 e. The third-order valence-corrected chi connectivity index (χ3v) is 6.32. The molecular weight excluding hydrogens is 474 g/mol. The molecule has 1 atom stereocenters. The summed E-state index contributed by atoms with van der Waals surface area (Å²) >= 11 is 0. The van der Waals surface area contributed by atoms with Gasteiger partial charge in [-0.15, -0.1) is 0 Å².